The highest BCUT2D eigenvalue weighted by atomic mass is 19.1. The fraction of sp³-hybridized carbons (Fsp3) is 0.400. The molecule has 0 aliphatic heterocycles. The first-order valence-corrected chi connectivity index (χ1v) is 4.10. The summed E-state index contributed by atoms with van der Waals surface area (Å²) in [5, 5.41) is 8.56. The molecule has 66 valence electrons. The van der Waals surface area contributed by atoms with E-state index in [0.717, 1.165) is 12.0 Å². The van der Waals surface area contributed by atoms with E-state index in [1.54, 1.807) is 13.0 Å². The van der Waals surface area contributed by atoms with Gasteiger partial charge in [0.05, 0.1) is 0 Å². The van der Waals surface area contributed by atoms with Crippen molar-refractivity contribution in [3.05, 3.63) is 35.1 Å². The first-order chi connectivity index (χ1) is 5.74. The Labute approximate surface area is 71.9 Å². The fourth-order valence-electron chi connectivity index (χ4n) is 1.08. The Morgan fingerprint density at radius 1 is 1.42 bits per heavy atom. The van der Waals surface area contributed by atoms with Gasteiger partial charge < -0.3 is 5.11 Å². The molecule has 1 nitrogen and oxygen atoms in total. The molecule has 0 amide bonds. The largest absolute Gasteiger partial charge is 0.396 e. The maximum Gasteiger partial charge on any atom is 0.126 e. The van der Waals surface area contributed by atoms with Crippen LogP contribution >= 0.6 is 0 Å². The van der Waals surface area contributed by atoms with Crippen molar-refractivity contribution in [2.24, 2.45) is 0 Å². The molecule has 1 N–H and O–H groups in total. The molecular formula is C10H13FO. The van der Waals surface area contributed by atoms with Crippen molar-refractivity contribution < 1.29 is 9.50 Å². The molecule has 0 spiro atoms. The van der Waals surface area contributed by atoms with Crippen molar-refractivity contribution in [1.82, 2.24) is 0 Å². The quantitative estimate of drug-likeness (QED) is 0.732. The lowest BCUT2D eigenvalue weighted by Crippen LogP contribution is -1.91. The molecule has 1 rings (SSSR count). The molecule has 0 unspecified atom stereocenters. The van der Waals surface area contributed by atoms with Crippen LogP contribution in [0.2, 0.25) is 0 Å². The minimum absolute atomic E-state index is 0.162. The minimum Gasteiger partial charge on any atom is -0.396 e. The van der Waals surface area contributed by atoms with Gasteiger partial charge in [0, 0.05) is 6.61 Å². The van der Waals surface area contributed by atoms with Crippen LogP contribution < -0.4 is 0 Å². The maximum absolute atomic E-state index is 12.9. The molecule has 0 fully saturated rings. The van der Waals surface area contributed by atoms with Gasteiger partial charge in [0.1, 0.15) is 5.82 Å². The van der Waals surface area contributed by atoms with E-state index >= 15 is 0 Å². The zero-order valence-electron chi connectivity index (χ0n) is 7.18. The van der Waals surface area contributed by atoms with Crippen LogP contribution in [-0.4, -0.2) is 11.7 Å². The van der Waals surface area contributed by atoms with Crippen LogP contribution in [0.15, 0.2) is 18.2 Å². The van der Waals surface area contributed by atoms with Crippen molar-refractivity contribution in [3.63, 3.8) is 0 Å². The summed E-state index contributed by atoms with van der Waals surface area (Å²) in [6.45, 7) is 1.90. The van der Waals surface area contributed by atoms with Crippen LogP contribution in [0.1, 0.15) is 17.5 Å². The number of aryl methyl sites for hydroxylation is 2. The van der Waals surface area contributed by atoms with E-state index in [1.807, 2.05) is 6.07 Å². The Balaban J connectivity index is 2.69. The van der Waals surface area contributed by atoms with Gasteiger partial charge in [-0.1, -0.05) is 12.1 Å². The van der Waals surface area contributed by atoms with Gasteiger partial charge in [-0.3, -0.25) is 0 Å². The first-order valence-electron chi connectivity index (χ1n) is 4.10. The first kappa shape index (κ1) is 9.20. The summed E-state index contributed by atoms with van der Waals surface area (Å²) in [4.78, 5) is 0. The number of rotatable bonds is 3. The third-order valence-electron chi connectivity index (χ3n) is 1.86. The minimum atomic E-state index is -0.162. The van der Waals surface area contributed by atoms with Gasteiger partial charge in [-0.25, -0.2) is 4.39 Å². The lowest BCUT2D eigenvalue weighted by Gasteiger charge is -2.01. The Kier molecular flexibility index (Phi) is 3.23. The van der Waals surface area contributed by atoms with E-state index in [-0.39, 0.29) is 12.4 Å². The molecule has 2 heteroatoms. The standard InChI is InChI=1S/C10H13FO/c1-8-4-5-9(3-2-6-12)7-10(8)11/h4-5,7,12H,2-3,6H2,1H3. The van der Waals surface area contributed by atoms with Crippen LogP contribution in [0.3, 0.4) is 0 Å². The van der Waals surface area contributed by atoms with Gasteiger partial charge in [-0.15, -0.1) is 0 Å². The van der Waals surface area contributed by atoms with Gasteiger partial charge >= 0.3 is 0 Å². The van der Waals surface area contributed by atoms with Gasteiger partial charge in [-0.2, -0.15) is 0 Å². The number of benzene rings is 1. The number of aliphatic hydroxyl groups excluding tert-OH is 1. The van der Waals surface area contributed by atoms with Crippen LogP contribution in [0.25, 0.3) is 0 Å². The van der Waals surface area contributed by atoms with Crippen molar-refractivity contribution in [2.45, 2.75) is 19.8 Å². The van der Waals surface area contributed by atoms with Gasteiger partial charge in [0.15, 0.2) is 0 Å². The van der Waals surface area contributed by atoms with Crippen LogP contribution in [0.5, 0.6) is 0 Å². The lowest BCUT2D eigenvalue weighted by atomic mass is 10.1. The second-order valence-corrected chi connectivity index (χ2v) is 2.91. The summed E-state index contributed by atoms with van der Waals surface area (Å²) in [5.74, 6) is -0.162. The molecule has 0 saturated carbocycles. The summed E-state index contributed by atoms with van der Waals surface area (Å²) in [5.41, 5.74) is 1.62. The normalized spacial score (nSPS) is 10.2. The lowest BCUT2D eigenvalue weighted by molar-refractivity contribution is 0.288. The van der Waals surface area contributed by atoms with Crippen LogP contribution in [0, 0.1) is 12.7 Å². The number of aliphatic hydroxyl groups is 1. The molecule has 0 atom stereocenters. The molecule has 0 aliphatic carbocycles. The second kappa shape index (κ2) is 4.21. The summed E-state index contributed by atoms with van der Waals surface area (Å²) in [6.07, 6.45) is 1.44. The molecule has 12 heavy (non-hydrogen) atoms. The summed E-state index contributed by atoms with van der Waals surface area (Å²) >= 11 is 0. The van der Waals surface area contributed by atoms with E-state index in [0.29, 0.717) is 12.0 Å². The smallest absolute Gasteiger partial charge is 0.126 e. The Morgan fingerprint density at radius 3 is 2.75 bits per heavy atom. The average molecular weight is 168 g/mol. The van der Waals surface area contributed by atoms with E-state index in [2.05, 4.69) is 0 Å². The summed E-state index contributed by atoms with van der Waals surface area (Å²) in [7, 11) is 0. The van der Waals surface area contributed by atoms with Crippen molar-refractivity contribution in [2.75, 3.05) is 6.61 Å². The molecule has 1 aromatic carbocycles. The van der Waals surface area contributed by atoms with Gasteiger partial charge in [0.2, 0.25) is 0 Å². The Hall–Kier alpha value is -0.890. The monoisotopic (exact) mass is 168 g/mol. The molecule has 1 aromatic rings. The maximum atomic E-state index is 12.9. The van der Waals surface area contributed by atoms with Crippen molar-refractivity contribution >= 4 is 0 Å². The topological polar surface area (TPSA) is 20.2 Å². The van der Waals surface area contributed by atoms with Crippen molar-refractivity contribution in [3.8, 4) is 0 Å². The van der Waals surface area contributed by atoms with Crippen LogP contribution in [-0.2, 0) is 6.42 Å². The second-order valence-electron chi connectivity index (χ2n) is 2.91. The summed E-state index contributed by atoms with van der Waals surface area (Å²) in [6, 6.07) is 5.20. The van der Waals surface area contributed by atoms with E-state index in [4.69, 9.17) is 5.11 Å². The fourth-order valence-corrected chi connectivity index (χ4v) is 1.08. The average Bonchev–Trinajstić information content (AvgIpc) is 2.07. The Morgan fingerprint density at radius 2 is 2.17 bits per heavy atom. The molecular weight excluding hydrogens is 155 g/mol. The number of hydrogen-bond acceptors (Lipinski definition) is 1. The highest BCUT2D eigenvalue weighted by molar-refractivity contribution is 5.23. The number of hydrogen-bond donors (Lipinski definition) is 1. The Bertz CT molecular complexity index is 258. The van der Waals surface area contributed by atoms with E-state index in [1.165, 1.54) is 6.07 Å². The molecule has 0 bridgehead atoms. The highest BCUT2D eigenvalue weighted by Crippen LogP contribution is 2.10. The molecule has 0 saturated heterocycles. The highest BCUT2D eigenvalue weighted by Gasteiger charge is 1.98. The third kappa shape index (κ3) is 2.31. The molecule has 0 heterocycles. The molecule has 0 radical (unpaired) electrons. The summed E-state index contributed by atoms with van der Waals surface area (Å²) < 4.78 is 12.9. The molecule has 0 aromatic heterocycles. The molecule has 0 aliphatic rings. The van der Waals surface area contributed by atoms with Gasteiger partial charge in [-0.05, 0) is 37.0 Å². The third-order valence-corrected chi connectivity index (χ3v) is 1.86. The van der Waals surface area contributed by atoms with E-state index < -0.39 is 0 Å². The van der Waals surface area contributed by atoms with E-state index in [9.17, 15) is 4.39 Å². The van der Waals surface area contributed by atoms with Crippen molar-refractivity contribution in [1.29, 1.82) is 0 Å². The predicted molar refractivity (Wildman–Crippen MR) is 46.5 cm³/mol. The number of halogens is 1. The predicted octanol–water partition coefficient (Wildman–Crippen LogP) is 2.06. The zero-order chi connectivity index (χ0) is 8.97. The zero-order valence-corrected chi connectivity index (χ0v) is 7.18. The SMILES string of the molecule is Cc1ccc(CCCO)cc1F. The van der Waals surface area contributed by atoms with Crippen LogP contribution in [0.4, 0.5) is 4.39 Å². The van der Waals surface area contributed by atoms with Gasteiger partial charge in [0.25, 0.3) is 0 Å².